The smallest absolute Gasteiger partial charge is 0.229 e. The number of alkyl halides is 1. The average molecular weight is 462 g/mol. The molecular formula is C24H24FN7O2. The number of aryl methyl sites for hydroxylation is 1. The predicted octanol–water partition coefficient (Wildman–Crippen LogP) is 2.57. The van der Waals surface area contributed by atoms with Gasteiger partial charge in [0.2, 0.25) is 5.91 Å². The molecule has 3 heterocycles. The standard InChI is InChI=1S/C24H24FN7O2/c1-32-12-16(10-30-32)17-7-18(17)24(33)31-23-8-20(28-13-29-23)14-2-3-21(15(6-14)9-26)34-22-4-5-27-11-19(22)25/h2-3,6,8,10,12-13,17-19,22,27H,4-5,7,11H2,1H3,(H,28,29,31,33)/t17-,18+,19+,22-/m0/s1. The summed E-state index contributed by atoms with van der Waals surface area (Å²) in [4.78, 5) is 21.1. The minimum absolute atomic E-state index is 0.0947. The highest BCUT2D eigenvalue weighted by Gasteiger charge is 2.44. The van der Waals surface area contributed by atoms with Crippen LogP contribution in [0, 0.1) is 17.2 Å². The summed E-state index contributed by atoms with van der Waals surface area (Å²) in [5.41, 5.74) is 2.58. The van der Waals surface area contributed by atoms with Gasteiger partial charge in [0.1, 0.15) is 36.2 Å². The van der Waals surface area contributed by atoms with Crippen LogP contribution in [0.4, 0.5) is 10.2 Å². The van der Waals surface area contributed by atoms with Crippen molar-refractivity contribution < 1.29 is 13.9 Å². The van der Waals surface area contributed by atoms with Gasteiger partial charge in [-0.05, 0) is 49.1 Å². The molecule has 5 rings (SSSR count). The number of nitriles is 1. The number of ether oxygens (including phenoxy) is 1. The maximum atomic E-state index is 14.1. The Kier molecular flexibility index (Phi) is 5.94. The van der Waals surface area contributed by atoms with Gasteiger partial charge in [0.15, 0.2) is 0 Å². The number of anilines is 1. The summed E-state index contributed by atoms with van der Waals surface area (Å²) in [6, 6.07) is 8.86. The van der Waals surface area contributed by atoms with Gasteiger partial charge >= 0.3 is 0 Å². The van der Waals surface area contributed by atoms with Gasteiger partial charge in [-0.1, -0.05) is 0 Å². The fourth-order valence-electron chi connectivity index (χ4n) is 4.26. The zero-order chi connectivity index (χ0) is 23.7. The number of aromatic nitrogens is 4. The third-order valence-corrected chi connectivity index (χ3v) is 6.22. The van der Waals surface area contributed by atoms with Gasteiger partial charge < -0.3 is 15.4 Å². The Morgan fingerprint density at radius 2 is 2.24 bits per heavy atom. The van der Waals surface area contributed by atoms with Crippen molar-refractivity contribution in [3.8, 4) is 23.1 Å². The lowest BCUT2D eigenvalue weighted by Crippen LogP contribution is -2.44. The molecule has 1 amide bonds. The molecule has 0 unspecified atom stereocenters. The molecule has 2 aliphatic rings. The maximum absolute atomic E-state index is 14.1. The van der Waals surface area contributed by atoms with Crippen LogP contribution in [0.15, 0.2) is 43.0 Å². The van der Waals surface area contributed by atoms with Crippen LogP contribution in [0.2, 0.25) is 0 Å². The van der Waals surface area contributed by atoms with Crippen molar-refractivity contribution >= 4 is 11.7 Å². The minimum atomic E-state index is -1.13. The van der Waals surface area contributed by atoms with E-state index >= 15 is 0 Å². The molecule has 9 nitrogen and oxygen atoms in total. The number of hydrogen-bond donors (Lipinski definition) is 2. The molecular weight excluding hydrogens is 437 g/mol. The zero-order valence-electron chi connectivity index (χ0n) is 18.6. The van der Waals surface area contributed by atoms with E-state index in [4.69, 9.17) is 4.74 Å². The van der Waals surface area contributed by atoms with Gasteiger partial charge in [0.25, 0.3) is 0 Å². The van der Waals surface area contributed by atoms with Gasteiger partial charge in [-0.25, -0.2) is 14.4 Å². The molecule has 2 aromatic heterocycles. The predicted molar refractivity (Wildman–Crippen MR) is 122 cm³/mol. The fraction of sp³-hybridized carbons (Fsp3) is 0.375. The fourth-order valence-corrected chi connectivity index (χ4v) is 4.26. The molecule has 1 aliphatic carbocycles. The lowest BCUT2D eigenvalue weighted by Gasteiger charge is -2.27. The normalized spacial score (nSPS) is 23.7. The third-order valence-electron chi connectivity index (χ3n) is 6.22. The number of carbonyl (C=O) groups is 1. The number of benzene rings is 1. The number of hydrogen-bond acceptors (Lipinski definition) is 7. The highest BCUT2D eigenvalue weighted by atomic mass is 19.1. The van der Waals surface area contributed by atoms with E-state index in [-0.39, 0.29) is 24.3 Å². The van der Waals surface area contributed by atoms with Crippen molar-refractivity contribution in [1.82, 2.24) is 25.1 Å². The van der Waals surface area contributed by atoms with Gasteiger partial charge in [0.05, 0.1) is 17.5 Å². The molecule has 4 atom stereocenters. The van der Waals surface area contributed by atoms with Crippen LogP contribution in [0.5, 0.6) is 5.75 Å². The van der Waals surface area contributed by atoms with E-state index in [0.29, 0.717) is 41.4 Å². The molecule has 2 fully saturated rings. The van der Waals surface area contributed by atoms with Crippen molar-refractivity contribution in [3.63, 3.8) is 0 Å². The van der Waals surface area contributed by atoms with Crippen LogP contribution in [0.25, 0.3) is 11.3 Å². The molecule has 2 N–H and O–H groups in total. The first-order valence-corrected chi connectivity index (χ1v) is 11.2. The molecule has 174 valence electrons. The Labute approximate surface area is 196 Å². The highest BCUT2D eigenvalue weighted by molar-refractivity contribution is 5.94. The van der Waals surface area contributed by atoms with E-state index in [1.54, 1.807) is 35.1 Å². The number of halogens is 1. The van der Waals surface area contributed by atoms with Crippen LogP contribution < -0.4 is 15.4 Å². The first-order chi connectivity index (χ1) is 16.5. The maximum Gasteiger partial charge on any atom is 0.229 e. The van der Waals surface area contributed by atoms with Crippen LogP contribution >= 0.6 is 0 Å². The number of carbonyl (C=O) groups excluding carboxylic acids is 1. The van der Waals surface area contributed by atoms with Crippen molar-refractivity contribution in [2.45, 2.75) is 31.0 Å². The first-order valence-electron chi connectivity index (χ1n) is 11.2. The molecule has 1 aromatic carbocycles. The lowest BCUT2D eigenvalue weighted by molar-refractivity contribution is -0.117. The summed E-state index contributed by atoms with van der Waals surface area (Å²) in [6.07, 6.45) is 4.69. The summed E-state index contributed by atoms with van der Waals surface area (Å²) in [6.45, 7) is 0.911. The molecule has 0 spiro atoms. The van der Waals surface area contributed by atoms with E-state index in [2.05, 4.69) is 31.8 Å². The van der Waals surface area contributed by atoms with E-state index in [0.717, 1.165) is 12.0 Å². The highest BCUT2D eigenvalue weighted by Crippen LogP contribution is 2.47. The second-order valence-corrected chi connectivity index (χ2v) is 8.66. The topological polar surface area (TPSA) is 118 Å². The Hall–Kier alpha value is -3.84. The molecule has 1 aliphatic heterocycles. The molecule has 1 saturated carbocycles. The van der Waals surface area contributed by atoms with Crippen LogP contribution in [-0.2, 0) is 11.8 Å². The van der Waals surface area contributed by atoms with E-state index in [1.807, 2.05) is 13.2 Å². The molecule has 34 heavy (non-hydrogen) atoms. The van der Waals surface area contributed by atoms with Gasteiger partial charge in [-0.15, -0.1) is 0 Å². The SMILES string of the molecule is Cn1cc([C@@H]2C[C@H]2C(=O)Nc2cc(-c3ccc(O[C@H]4CCNC[C@H]4F)c(C#N)c3)ncn2)cn1. The van der Waals surface area contributed by atoms with Crippen molar-refractivity contribution in [2.24, 2.45) is 13.0 Å². The molecule has 1 saturated heterocycles. The van der Waals surface area contributed by atoms with Crippen molar-refractivity contribution in [3.05, 3.63) is 54.1 Å². The van der Waals surface area contributed by atoms with E-state index < -0.39 is 12.3 Å². The van der Waals surface area contributed by atoms with Gasteiger partial charge in [0, 0.05) is 37.3 Å². The molecule has 0 bridgehead atoms. The van der Waals surface area contributed by atoms with E-state index in [9.17, 15) is 14.4 Å². The largest absolute Gasteiger partial charge is 0.486 e. The van der Waals surface area contributed by atoms with Crippen molar-refractivity contribution in [1.29, 1.82) is 5.26 Å². The van der Waals surface area contributed by atoms with E-state index in [1.165, 1.54) is 6.33 Å². The number of nitrogens with one attached hydrogen (secondary N) is 2. The van der Waals surface area contributed by atoms with Crippen LogP contribution in [0.3, 0.4) is 0 Å². The summed E-state index contributed by atoms with van der Waals surface area (Å²) >= 11 is 0. The summed E-state index contributed by atoms with van der Waals surface area (Å²) < 4.78 is 21.7. The summed E-state index contributed by atoms with van der Waals surface area (Å²) in [5, 5.41) is 19.6. The van der Waals surface area contributed by atoms with Crippen molar-refractivity contribution in [2.75, 3.05) is 18.4 Å². The summed E-state index contributed by atoms with van der Waals surface area (Å²) in [7, 11) is 1.85. The second-order valence-electron chi connectivity index (χ2n) is 8.66. The third kappa shape index (κ3) is 4.61. The Balaban J connectivity index is 1.28. The van der Waals surface area contributed by atoms with Gasteiger partial charge in [-0.2, -0.15) is 10.4 Å². The number of piperidine rings is 1. The number of amides is 1. The average Bonchev–Trinajstić information content (AvgIpc) is 3.54. The zero-order valence-corrected chi connectivity index (χ0v) is 18.6. The molecule has 10 heteroatoms. The number of nitrogens with zero attached hydrogens (tertiary/aromatic N) is 5. The molecule has 3 aromatic rings. The monoisotopic (exact) mass is 461 g/mol. The van der Waals surface area contributed by atoms with Crippen LogP contribution in [-0.4, -0.2) is 51.0 Å². The molecule has 0 radical (unpaired) electrons. The van der Waals surface area contributed by atoms with Crippen LogP contribution in [0.1, 0.15) is 29.9 Å². The number of rotatable bonds is 6. The first kappa shape index (κ1) is 22.0. The Bertz CT molecular complexity index is 1250. The minimum Gasteiger partial charge on any atom is -0.486 e. The summed E-state index contributed by atoms with van der Waals surface area (Å²) in [5.74, 6) is 0.699. The Morgan fingerprint density at radius 1 is 1.35 bits per heavy atom. The van der Waals surface area contributed by atoms with Gasteiger partial charge in [-0.3, -0.25) is 9.48 Å². The Morgan fingerprint density at radius 3 is 3.00 bits per heavy atom. The lowest BCUT2D eigenvalue weighted by atomic mass is 10.1. The quantitative estimate of drug-likeness (QED) is 0.579. The second kappa shape index (κ2) is 9.19.